The van der Waals surface area contributed by atoms with Crippen molar-refractivity contribution >= 4 is 28.3 Å². The molecule has 1 amide bonds. The Balaban J connectivity index is 0.00000261. The first-order valence-electron chi connectivity index (χ1n) is 9.57. The van der Waals surface area contributed by atoms with Crippen LogP contribution in [0.1, 0.15) is 31.2 Å². The van der Waals surface area contributed by atoms with E-state index in [0.717, 1.165) is 37.8 Å². The summed E-state index contributed by atoms with van der Waals surface area (Å²) >= 11 is 0. The zero-order valence-electron chi connectivity index (χ0n) is 15.6. The molecule has 2 N–H and O–H groups in total. The number of hydrogen-bond donors (Lipinski definition) is 2. The molecule has 2 aliphatic rings. The maximum absolute atomic E-state index is 12.7. The number of nitrogens with zero attached hydrogens (tertiary/aromatic N) is 1. The first kappa shape index (κ1) is 22.1. The fraction of sp³-hybridized carbons (Fsp3) is 0.632. The Hall–Kier alpha value is -1.15. The molecule has 0 aromatic heterocycles. The molecule has 0 spiro atoms. The summed E-state index contributed by atoms with van der Waals surface area (Å²) < 4.78 is 27.0. The van der Waals surface area contributed by atoms with Crippen molar-refractivity contribution in [3.05, 3.63) is 35.9 Å². The third-order valence-corrected chi connectivity index (χ3v) is 7.15. The zero-order valence-corrected chi connectivity index (χ0v) is 17.2. The highest BCUT2D eigenvalue weighted by Crippen LogP contribution is 2.20. The van der Waals surface area contributed by atoms with Gasteiger partial charge in [-0.25, -0.2) is 12.7 Å². The van der Waals surface area contributed by atoms with Gasteiger partial charge in [0.15, 0.2) is 0 Å². The third kappa shape index (κ3) is 6.45. The van der Waals surface area contributed by atoms with Gasteiger partial charge in [0, 0.05) is 19.6 Å². The van der Waals surface area contributed by atoms with Crippen molar-refractivity contribution in [2.75, 3.05) is 31.9 Å². The Morgan fingerprint density at radius 2 is 1.96 bits per heavy atom. The Morgan fingerprint density at radius 3 is 2.67 bits per heavy atom. The molecule has 8 heteroatoms. The van der Waals surface area contributed by atoms with E-state index in [0.29, 0.717) is 26.1 Å². The molecule has 2 fully saturated rings. The van der Waals surface area contributed by atoms with Gasteiger partial charge in [0.2, 0.25) is 15.9 Å². The molecular formula is C19H30ClN3O3S. The van der Waals surface area contributed by atoms with Crippen molar-refractivity contribution in [2.24, 2.45) is 5.92 Å². The van der Waals surface area contributed by atoms with Gasteiger partial charge in [0.25, 0.3) is 0 Å². The average molecular weight is 416 g/mol. The molecule has 2 atom stereocenters. The highest BCUT2D eigenvalue weighted by Gasteiger charge is 2.29. The van der Waals surface area contributed by atoms with E-state index in [-0.39, 0.29) is 36.0 Å². The van der Waals surface area contributed by atoms with E-state index in [2.05, 4.69) is 10.6 Å². The molecule has 1 aromatic rings. The third-order valence-electron chi connectivity index (χ3n) is 5.31. The van der Waals surface area contributed by atoms with Crippen LogP contribution >= 0.6 is 12.4 Å². The fourth-order valence-electron chi connectivity index (χ4n) is 3.74. The summed E-state index contributed by atoms with van der Waals surface area (Å²) in [5.74, 6) is 0.384. The van der Waals surface area contributed by atoms with Gasteiger partial charge in [0.05, 0.1) is 11.8 Å². The molecule has 27 heavy (non-hydrogen) atoms. The summed E-state index contributed by atoms with van der Waals surface area (Å²) in [7, 11) is -3.26. The topological polar surface area (TPSA) is 78.5 Å². The molecule has 0 bridgehead atoms. The van der Waals surface area contributed by atoms with Crippen molar-refractivity contribution in [1.82, 2.24) is 14.9 Å². The van der Waals surface area contributed by atoms with Gasteiger partial charge in [0.1, 0.15) is 0 Å². The summed E-state index contributed by atoms with van der Waals surface area (Å²) in [5, 5.41) is 6.19. The van der Waals surface area contributed by atoms with E-state index in [1.807, 2.05) is 30.3 Å². The van der Waals surface area contributed by atoms with Crippen LogP contribution in [0, 0.1) is 5.92 Å². The number of carbonyl (C=O) groups excluding carboxylic acids is 1. The number of sulfonamides is 1. The first-order chi connectivity index (χ1) is 12.5. The molecule has 2 heterocycles. The SMILES string of the molecule is Cl.O=C(NCC1CCCN(S(=O)(=O)CCc2ccccc2)C1)C1CCCN1. The monoisotopic (exact) mass is 415 g/mol. The maximum Gasteiger partial charge on any atom is 0.237 e. The summed E-state index contributed by atoms with van der Waals surface area (Å²) in [5.41, 5.74) is 1.04. The largest absolute Gasteiger partial charge is 0.354 e. The lowest BCUT2D eigenvalue weighted by Crippen LogP contribution is -2.47. The normalized spacial score (nSPS) is 23.6. The standard InChI is InChI=1S/C19H29N3O3S.ClH/c23-19(18-9-4-11-20-18)21-14-17-8-5-12-22(15-17)26(24,25)13-10-16-6-2-1-3-7-16;/h1-3,6-7,17-18,20H,4-5,8-15H2,(H,21,23);1H. The lowest BCUT2D eigenvalue weighted by Gasteiger charge is -2.32. The lowest BCUT2D eigenvalue weighted by molar-refractivity contribution is -0.123. The molecule has 1 aromatic carbocycles. The lowest BCUT2D eigenvalue weighted by atomic mass is 9.99. The van der Waals surface area contributed by atoms with Gasteiger partial charge in [-0.05, 0) is 50.1 Å². The smallest absolute Gasteiger partial charge is 0.237 e. The summed E-state index contributed by atoms with van der Waals surface area (Å²) in [6.07, 6.45) is 4.27. The highest BCUT2D eigenvalue weighted by molar-refractivity contribution is 7.89. The number of aryl methyl sites for hydroxylation is 1. The Labute approximate surface area is 168 Å². The Morgan fingerprint density at radius 1 is 1.19 bits per heavy atom. The van der Waals surface area contributed by atoms with Crippen LogP contribution in [0.2, 0.25) is 0 Å². The van der Waals surface area contributed by atoms with Crippen LogP contribution in [0.3, 0.4) is 0 Å². The van der Waals surface area contributed by atoms with Gasteiger partial charge >= 0.3 is 0 Å². The zero-order chi connectivity index (χ0) is 18.4. The van der Waals surface area contributed by atoms with Crippen LogP contribution in [-0.4, -0.2) is 56.6 Å². The van der Waals surface area contributed by atoms with Crippen LogP contribution in [0.25, 0.3) is 0 Å². The Bertz CT molecular complexity index is 693. The molecular weight excluding hydrogens is 386 g/mol. The van der Waals surface area contributed by atoms with Crippen LogP contribution in [-0.2, 0) is 21.2 Å². The van der Waals surface area contributed by atoms with Gasteiger partial charge in [-0.3, -0.25) is 4.79 Å². The molecule has 0 aliphatic carbocycles. The van der Waals surface area contributed by atoms with Crippen LogP contribution in [0.15, 0.2) is 30.3 Å². The van der Waals surface area contributed by atoms with E-state index < -0.39 is 10.0 Å². The van der Waals surface area contributed by atoms with Gasteiger partial charge in [-0.15, -0.1) is 12.4 Å². The van der Waals surface area contributed by atoms with Gasteiger partial charge in [-0.1, -0.05) is 30.3 Å². The number of amides is 1. The van der Waals surface area contributed by atoms with Gasteiger partial charge in [-0.2, -0.15) is 0 Å². The molecule has 6 nitrogen and oxygen atoms in total. The number of benzene rings is 1. The predicted octanol–water partition coefficient (Wildman–Crippen LogP) is 1.56. The molecule has 3 rings (SSSR count). The van der Waals surface area contributed by atoms with Crippen molar-refractivity contribution in [1.29, 1.82) is 0 Å². The second kappa shape index (κ2) is 10.4. The van der Waals surface area contributed by atoms with E-state index in [1.165, 1.54) is 0 Å². The summed E-state index contributed by atoms with van der Waals surface area (Å²) in [6.45, 7) is 2.55. The molecule has 2 aliphatic heterocycles. The predicted molar refractivity (Wildman–Crippen MR) is 110 cm³/mol. The first-order valence-corrected chi connectivity index (χ1v) is 11.2. The van der Waals surface area contributed by atoms with Crippen LogP contribution in [0.5, 0.6) is 0 Å². The second-order valence-electron chi connectivity index (χ2n) is 7.31. The number of nitrogens with one attached hydrogen (secondary N) is 2. The number of rotatable bonds is 7. The summed E-state index contributed by atoms with van der Waals surface area (Å²) in [6, 6.07) is 9.64. The quantitative estimate of drug-likeness (QED) is 0.708. The van der Waals surface area contributed by atoms with Crippen molar-refractivity contribution in [3.63, 3.8) is 0 Å². The molecule has 0 saturated carbocycles. The van der Waals surface area contributed by atoms with Crippen molar-refractivity contribution in [2.45, 2.75) is 38.1 Å². The number of halogens is 1. The van der Waals surface area contributed by atoms with Crippen LogP contribution < -0.4 is 10.6 Å². The molecule has 0 radical (unpaired) electrons. The number of piperidine rings is 1. The van der Waals surface area contributed by atoms with E-state index in [4.69, 9.17) is 0 Å². The minimum atomic E-state index is -3.26. The summed E-state index contributed by atoms with van der Waals surface area (Å²) in [4.78, 5) is 12.1. The van der Waals surface area contributed by atoms with Crippen molar-refractivity contribution in [3.8, 4) is 0 Å². The number of carbonyl (C=O) groups is 1. The van der Waals surface area contributed by atoms with Crippen LogP contribution in [0.4, 0.5) is 0 Å². The molecule has 2 unspecified atom stereocenters. The fourth-order valence-corrected chi connectivity index (χ4v) is 5.34. The van der Waals surface area contributed by atoms with E-state index in [9.17, 15) is 13.2 Å². The maximum atomic E-state index is 12.7. The highest BCUT2D eigenvalue weighted by atomic mass is 35.5. The number of hydrogen-bond acceptors (Lipinski definition) is 4. The molecule has 152 valence electrons. The minimum absolute atomic E-state index is 0. The van der Waals surface area contributed by atoms with E-state index >= 15 is 0 Å². The Kier molecular flexibility index (Phi) is 8.54. The average Bonchev–Trinajstić information content (AvgIpc) is 3.21. The van der Waals surface area contributed by atoms with E-state index in [1.54, 1.807) is 4.31 Å². The second-order valence-corrected chi connectivity index (χ2v) is 9.40. The molecule has 2 saturated heterocycles. The minimum Gasteiger partial charge on any atom is -0.354 e. The van der Waals surface area contributed by atoms with Gasteiger partial charge < -0.3 is 10.6 Å². The van der Waals surface area contributed by atoms with Crippen molar-refractivity contribution < 1.29 is 13.2 Å².